The first-order chi connectivity index (χ1) is 24.5. The molecule has 1 spiro atoms. The van der Waals surface area contributed by atoms with Gasteiger partial charge in [-0.1, -0.05) is 81.3 Å². The second-order valence-electron chi connectivity index (χ2n) is 13.9. The van der Waals surface area contributed by atoms with E-state index in [1.165, 1.54) is 12.1 Å². The SMILES string of the molecule is CC(C)(CNC(=O)[C@@H]1CC(=O)NC2(CCCC2)C(=O)N[C@@H](Cc2ccccc2)C(=O)NCCCOc2ccccc2C(=O)N1)c1ccc(F)cc1. The van der Waals surface area contributed by atoms with Crippen LogP contribution in [0.25, 0.3) is 0 Å². The van der Waals surface area contributed by atoms with Crippen LogP contribution in [0, 0.1) is 5.82 Å². The van der Waals surface area contributed by atoms with Crippen molar-refractivity contribution >= 4 is 29.5 Å². The van der Waals surface area contributed by atoms with Gasteiger partial charge in [-0.25, -0.2) is 4.39 Å². The lowest BCUT2D eigenvalue weighted by atomic mass is 9.84. The third kappa shape index (κ3) is 9.71. The normalized spacial score (nSPS) is 20.4. The fourth-order valence-electron chi connectivity index (χ4n) is 6.50. The maximum Gasteiger partial charge on any atom is 0.255 e. The summed E-state index contributed by atoms with van der Waals surface area (Å²) in [4.78, 5) is 68.6. The number of fused-ring (bicyclic) bond motifs is 1. The summed E-state index contributed by atoms with van der Waals surface area (Å²) < 4.78 is 19.5. The van der Waals surface area contributed by atoms with Crippen LogP contribution >= 0.6 is 0 Å². The first-order valence-corrected chi connectivity index (χ1v) is 17.5. The molecule has 0 saturated heterocycles. The summed E-state index contributed by atoms with van der Waals surface area (Å²) in [6.07, 6.45) is 2.27. The average Bonchev–Trinajstić information content (AvgIpc) is 3.59. The number of ether oxygens (including phenoxy) is 1. The van der Waals surface area contributed by atoms with Gasteiger partial charge in [0.25, 0.3) is 5.91 Å². The smallest absolute Gasteiger partial charge is 0.255 e. The van der Waals surface area contributed by atoms with E-state index in [0.717, 1.165) is 11.1 Å². The Bertz CT molecular complexity index is 1710. The molecule has 1 saturated carbocycles. The van der Waals surface area contributed by atoms with Crippen LogP contribution < -0.4 is 31.3 Å². The zero-order chi connectivity index (χ0) is 36.4. The third-order valence-corrected chi connectivity index (χ3v) is 9.53. The maximum absolute atomic E-state index is 14.0. The Morgan fingerprint density at radius 1 is 0.902 bits per heavy atom. The number of hydrogen-bond donors (Lipinski definition) is 5. The molecule has 270 valence electrons. The van der Waals surface area contributed by atoms with Gasteiger partial charge in [-0.2, -0.15) is 0 Å². The van der Waals surface area contributed by atoms with Gasteiger partial charge in [0.1, 0.15) is 29.2 Å². The lowest BCUT2D eigenvalue weighted by Gasteiger charge is -2.32. The number of hydrogen-bond acceptors (Lipinski definition) is 6. The van der Waals surface area contributed by atoms with Gasteiger partial charge in [0.15, 0.2) is 0 Å². The van der Waals surface area contributed by atoms with Crippen molar-refractivity contribution in [1.82, 2.24) is 26.6 Å². The molecule has 0 bridgehead atoms. The number of para-hydroxylation sites is 1. The summed E-state index contributed by atoms with van der Waals surface area (Å²) in [5.41, 5.74) is -0.0949. The molecule has 0 unspecified atom stereocenters. The Morgan fingerprint density at radius 3 is 2.31 bits per heavy atom. The van der Waals surface area contributed by atoms with Crippen LogP contribution in [0.15, 0.2) is 78.9 Å². The van der Waals surface area contributed by atoms with Crippen molar-refractivity contribution in [2.75, 3.05) is 19.7 Å². The van der Waals surface area contributed by atoms with E-state index in [2.05, 4.69) is 26.6 Å². The Balaban J connectivity index is 1.41. The van der Waals surface area contributed by atoms with Crippen LogP contribution in [0.3, 0.4) is 0 Å². The molecule has 2 aliphatic rings. The summed E-state index contributed by atoms with van der Waals surface area (Å²) in [7, 11) is 0. The van der Waals surface area contributed by atoms with Crippen LogP contribution in [0.4, 0.5) is 4.39 Å². The summed E-state index contributed by atoms with van der Waals surface area (Å²) in [5, 5.41) is 14.3. The number of nitrogens with one attached hydrogen (secondary N) is 5. The average molecular weight is 700 g/mol. The number of rotatable bonds is 6. The molecule has 1 heterocycles. The Morgan fingerprint density at radius 2 is 1.59 bits per heavy atom. The zero-order valence-electron chi connectivity index (χ0n) is 29.1. The molecule has 12 heteroatoms. The largest absolute Gasteiger partial charge is 0.493 e. The summed E-state index contributed by atoms with van der Waals surface area (Å²) in [5.74, 6) is -2.78. The highest BCUT2D eigenvalue weighted by atomic mass is 19.1. The first kappa shape index (κ1) is 37.0. The van der Waals surface area contributed by atoms with Crippen LogP contribution in [0.1, 0.15) is 73.9 Å². The predicted molar refractivity (Wildman–Crippen MR) is 189 cm³/mol. The number of carbonyl (C=O) groups excluding carboxylic acids is 5. The van der Waals surface area contributed by atoms with E-state index in [1.807, 2.05) is 44.2 Å². The van der Waals surface area contributed by atoms with E-state index in [4.69, 9.17) is 4.74 Å². The minimum absolute atomic E-state index is 0.127. The second-order valence-corrected chi connectivity index (χ2v) is 13.9. The van der Waals surface area contributed by atoms with E-state index in [1.54, 1.807) is 36.4 Å². The summed E-state index contributed by atoms with van der Waals surface area (Å²) >= 11 is 0. The standard InChI is InChI=1S/C39H46FN5O6/c1-38(2,27-15-17-28(40)18-16-27)25-42-36(49)31-24-33(46)45-39(19-8-9-20-39)37(50)44-30(23-26-11-4-3-5-12-26)35(48)41-21-10-22-51-32-14-7-6-13-29(32)34(47)43-31/h3-7,11-18,30-31H,8-10,19-25H2,1-2H3,(H,41,48)(H,42,49)(H,43,47)(H,44,50)(H,45,46)/t30-,31-/m0/s1. The molecule has 11 nitrogen and oxygen atoms in total. The van der Waals surface area contributed by atoms with Gasteiger partial charge < -0.3 is 31.3 Å². The van der Waals surface area contributed by atoms with Gasteiger partial charge in [0.2, 0.25) is 23.6 Å². The molecule has 3 aromatic rings. The Labute approximate surface area is 297 Å². The molecule has 2 atom stereocenters. The van der Waals surface area contributed by atoms with Crippen molar-refractivity contribution in [2.24, 2.45) is 0 Å². The van der Waals surface area contributed by atoms with Crippen molar-refractivity contribution in [3.05, 3.63) is 101 Å². The molecule has 5 amide bonds. The summed E-state index contributed by atoms with van der Waals surface area (Å²) in [6, 6.07) is 19.7. The van der Waals surface area contributed by atoms with E-state index in [0.29, 0.717) is 32.1 Å². The van der Waals surface area contributed by atoms with E-state index in [9.17, 15) is 28.4 Å². The van der Waals surface area contributed by atoms with Crippen molar-refractivity contribution in [1.29, 1.82) is 0 Å². The topological polar surface area (TPSA) is 155 Å². The number of carbonyl (C=O) groups is 5. The maximum atomic E-state index is 14.0. The van der Waals surface area contributed by atoms with Crippen LogP contribution in [0.2, 0.25) is 0 Å². The van der Waals surface area contributed by atoms with Crippen molar-refractivity contribution < 1.29 is 33.1 Å². The van der Waals surface area contributed by atoms with Gasteiger partial charge in [-0.3, -0.25) is 24.0 Å². The molecule has 51 heavy (non-hydrogen) atoms. The number of amides is 5. The van der Waals surface area contributed by atoms with Gasteiger partial charge in [0, 0.05) is 24.9 Å². The second kappa shape index (κ2) is 16.6. The minimum Gasteiger partial charge on any atom is -0.493 e. The molecule has 3 aromatic carbocycles. The van der Waals surface area contributed by atoms with Gasteiger partial charge in [-0.15, -0.1) is 0 Å². The molecule has 1 aliphatic carbocycles. The molecule has 0 radical (unpaired) electrons. The van der Waals surface area contributed by atoms with Crippen molar-refractivity contribution in [2.45, 2.75) is 81.8 Å². The fourth-order valence-corrected chi connectivity index (χ4v) is 6.50. The molecular formula is C39H46FN5O6. The Hall–Kier alpha value is -5.26. The number of halogens is 1. The molecule has 1 fully saturated rings. The molecule has 1 aliphatic heterocycles. The highest BCUT2D eigenvalue weighted by Gasteiger charge is 2.44. The van der Waals surface area contributed by atoms with Crippen molar-refractivity contribution in [3.8, 4) is 5.75 Å². The van der Waals surface area contributed by atoms with Gasteiger partial charge in [0.05, 0.1) is 18.6 Å². The van der Waals surface area contributed by atoms with Crippen LogP contribution in [0.5, 0.6) is 5.75 Å². The molecule has 0 aromatic heterocycles. The van der Waals surface area contributed by atoms with Crippen molar-refractivity contribution in [3.63, 3.8) is 0 Å². The summed E-state index contributed by atoms with van der Waals surface area (Å²) in [6.45, 7) is 4.33. The van der Waals surface area contributed by atoms with Crippen LogP contribution in [-0.2, 0) is 31.0 Å². The van der Waals surface area contributed by atoms with Gasteiger partial charge in [-0.05, 0) is 54.7 Å². The minimum atomic E-state index is -1.31. The van der Waals surface area contributed by atoms with E-state index in [-0.39, 0.29) is 49.2 Å². The number of benzene rings is 3. The lowest BCUT2D eigenvalue weighted by Crippen LogP contribution is -2.62. The lowest BCUT2D eigenvalue weighted by molar-refractivity contribution is -0.136. The zero-order valence-corrected chi connectivity index (χ0v) is 29.1. The third-order valence-electron chi connectivity index (χ3n) is 9.53. The fraction of sp³-hybridized carbons (Fsp3) is 0.410. The van der Waals surface area contributed by atoms with E-state index >= 15 is 0 Å². The molecule has 5 rings (SSSR count). The highest BCUT2D eigenvalue weighted by molar-refractivity contribution is 6.01. The van der Waals surface area contributed by atoms with Crippen LogP contribution in [-0.4, -0.2) is 66.9 Å². The molecule has 5 N–H and O–H groups in total. The van der Waals surface area contributed by atoms with Gasteiger partial charge >= 0.3 is 0 Å². The monoisotopic (exact) mass is 699 g/mol. The molecular weight excluding hydrogens is 653 g/mol. The van der Waals surface area contributed by atoms with E-state index < -0.39 is 53.1 Å². The quantitative estimate of drug-likeness (QED) is 0.266. The highest BCUT2D eigenvalue weighted by Crippen LogP contribution is 2.31. The predicted octanol–water partition coefficient (Wildman–Crippen LogP) is 3.46. The Kier molecular flexibility index (Phi) is 12.1. The first-order valence-electron chi connectivity index (χ1n) is 17.5.